The zero-order valence-electron chi connectivity index (χ0n) is 11.3. The van der Waals surface area contributed by atoms with Crippen molar-refractivity contribution >= 4 is 5.78 Å². The molecule has 0 spiro atoms. The summed E-state index contributed by atoms with van der Waals surface area (Å²) < 4.78 is 13.1. The molecule has 1 aliphatic rings. The fourth-order valence-corrected chi connectivity index (χ4v) is 2.63. The summed E-state index contributed by atoms with van der Waals surface area (Å²) in [5.74, 6) is -0.204. The lowest BCUT2D eigenvalue weighted by molar-refractivity contribution is 0.0702. The summed E-state index contributed by atoms with van der Waals surface area (Å²) in [5, 5.41) is 0. The highest BCUT2D eigenvalue weighted by Crippen LogP contribution is 2.26. The van der Waals surface area contributed by atoms with Gasteiger partial charge in [-0.2, -0.15) is 0 Å². The molecule has 18 heavy (non-hydrogen) atoms. The lowest BCUT2D eigenvalue weighted by Crippen LogP contribution is -2.48. The molecule has 2 nitrogen and oxygen atoms in total. The number of Topliss-reactive ketones (excluding diaryl/α,β-unsaturated/α-hetero) is 1. The summed E-state index contributed by atoms with van der Waals surface area (Å²) in [5.41, 5.74) is 0.847. The Balaban J connectivity index is 2.29. The molecule has 1 saturated heterocycles. The average molecular weight is 249 g/mol. The number of aryl methyl sites for hydroxylation is 1. The highest BCUT2D eigenvalue weighted by atomic mass is 19.1. The van der Waals surface area contributed by atoms with Crippen molar-refractivity contribution in [1.29, 1.82) is 0 Å². The lowest BCUT2D eigenvalue weighted by Gasteiger charge is -2.34. The number of halogens is 1. The number of likely N-dealkylation sites (tertiary alicyclic amines) is 1. The predicted molar refractivity (Wildman–Crippen MR) is 70.4 cm³/mol. The first-order valence-corrected chi connectivity index (χ1v) is 6.49. The summed E-state index contributed by atoms with van der Waals surface area (Å²) >= 11 is 0. The Bertz CT molecular complexity index is 462. The van der Waals surface area contributed by atoms with Crippen LogP contribution in [-0.4, -0.2) is 29.3 Å². The second kappa shape index (κ2) is 4.81. The first-order valence-electron chi connectivity index (χ1n) is 6.49. The average Bonchev–Trinajstić information content (AvgIpc) is 2.82. The third kappa shape index (κ3) is 2.32. The van der Waals surface area contributed by atoms with E-state index in [2.05, 4.69) is 4.90 Å². The van der Waals surface area contributed by atoms with Crippen molar-refractivity contribution in [2.75, 3.05) is 13.1 Å². The molecule has 1 aliphatic heterocycles. The van der Waals surface area contributed by atoms with Gasteiger partial charge in [-0.05, 0) is 70.5 Å². The zero-order chi connectivity index (χ0) is 13.3. The summed E-state index contributed by atoms with van der Waals surface area (Å²) in [6.07, 6.45) is 2.30. The van der Waals surface area contributed by atoms with Crippen LogP contribution in [0.25, 0.3) is 0 Å². The molecule has 0 bridgehead atoms. The van der Waals surface area contributed by atoms with Crippen molar-refractivity contribution < 1.29 is 9.18 Å². The lowest BCUT2D eigenvalue weighted by atomic mass is 9.89. The number of benzene rings is 1. The van der Waals surface area contributed by atoms with E-state index in [-0.39, 0.29) is 11.6 Å². The molecule has 0 unspecified atom stereocenters. The van der Waals surface area contributed by atoms with E-state index in [1.807, 2.05) is 13.8 Å². The smallest absolute Gasteiger partial charge is 0.182 e. The van der Waals surface area contributed by atoms with Crippen molar-refractivity contribution in [3.63, 3.8) is 0 Å². The number of hydrogen-bond acceptors (Lipinski definition) is 2. The maximum Gasteiger partial charge on any atom is 0.182 e. The van der Waals surface area contributed by atoms with Gasteiger partial charge in [-0.25, -0.2) is 4.39 Å². The molecule has 0 radical (unpaired) electrons. The van der Waals surface area contributed by atoms with Gasteiger partial charge in [0.05, 0.1) is 5.54 Å². The standard InChI is InChI=1S/C15H20FNO/c1-11-10-12(16)6-7-13(11)14(18)15(2,3)17-8-4-5-9-17/h6-7,10H,4-5,8-9H2,1-3H3. The van der Waals surface area contributed by atoms with Crippen LogP contribution in [0.2, 0.25) is 0 Å². The van der Waals surface area contributed by atoms with Crippen LogP contribution < -0.4 is 0 Å². The molecular weight excluding hydrogens is 229 g/mol. The van der Waals surface area contributed by atoms with Crippen LogP contribution in [0.1, 0.15) is 42.6 Å². The minimum Gasteiger partial charge on any atom is -0.292 e. The molecule has 0 atom stereocenters. The molecule has 1 heterocycles. The highest BCUT2D eigenvalue weighted by Gasteiger charge is 2.36. The quantitative estimate of drug-likeness (QED) is 0.767. The largest absolute Gasteiger partial charge is 0.292 e. The molecule has 1 fully saturated rings. The van der Waals surface area contributed by atoms with Gasteiger partial charge in [-0.3, -0.25) is 9.69 Å². The first-order chi connectivity index (χ1) is 8.43. The van der Waals surface area contributed by atoms with Crippen molar-refractivity contribution in [3.05, 3.63) is 35.1 Å². The van der Waals surface area contributed by atoms with Crippen molar-refractivity contribution in [2.45, 2.75) is 39.2 Å². The Morgan fingerprint density at radius 2 is 1.89 bits per heavy atom. The van der Waals surface area contributed by atoms with Gasteiger partial charge in [-0.15, -0.1) is 0 Å². The van der Waals surface area contributed by atoms with E-state index < -0.39 is 5.54 Å². The maximum atomic E-state index is 13.1. The molecule has 1 aromatic carbocycles. The third-order valence-electron chi connectivity index (χ3n) is 3.89. The minimum atomic E-state index is -0.501. The number of carbonyl (C=O) groups excluding carboxylic acids is 1. The Hall–Kier alpha value is -1.22. The number of rotatable bonds is 3. The minimum absolute atomic E-state index is 0.0851. The van der Waals surface area contributed by atoms with Crippen molar-refractivity contribution in [3.8, 4) is 0 Å². The Labute approximate surface area is 108 Å². The van der Waals surface area contributed by atoms with E-state index in [0.29, 0.717) is 11.1 Å². The molecule has 0 aromatic heterocycles. The second-order valence-electron chi connectivity index (χ2n) is 5.54. The van der Waals surface area contributed by atoms with Crippen LogP contribution in [0.3, 0.4) is 0 Å². The molecule has 3 heteroatoms. The SMILES string of the molecule is Cc1cc(F)ccc1C(=O)C(C)(C)N1CCCC1. The number of carbonyl (C=O) groups is 1. The molecular formula is C15H20FNO. The Kier molecular flexibility index (Phi) is 3.53. The number of hydrogen-bond donors (Lipinski definition) is 0. The summed E-state index contributed by atoms with van der Waals surface area (Å²) in [6, 6.07) is 4.39. The monoisotopic (exact) mass is 249 g/mol. The molecule has 0 aliphatic carbocycles. The van der Waals surface area contributed by atoms with E-state index in [4.69, 9.17) is 0 Å². The number of nitrogens with zero attached hydrogens (tertiary/aromatic N) is 1. The van der Waals surface area contributed by atoms with Gasteiger partial charge in [0, 0.05) is 5.56 Å². The summed E-state index contributed by atoms with van der Waals surface area (Å²) in [6.45, 7) is 7.65. The molecule has 1 aromatic rings. The van der Waals surface area contributed by atoms with Crippen LogP contribution in [0.5, 0.6) is 0 Å². The molecule has 98 valence electrons. The normalized spacial score (nSPS) is 17.1. The van der Waals surface area contributed by atoms with Gasteiger partial charge in [0.2, 0.25) is 0 Å². The van der Waals surface area contributed by atoms with Gasteiger partial charge in [0.15, 0.2) is 5.78 Å². The Morgan fingerprint density at radius 3 is 2.44 bits per heavy atom. The van der Waals surface area contributed by atoms with E-state index in [1.165, 1.54) is 12.1 Å². The maximum absolute atomic E-state index is 13.1. The topological polar surface area (TPSA) is 20.3 Å². The zero-order valence-corrected chi connectivity index (χ0v) is 11.3. The fourth-order valence-electron chi connectivity index (χ4n) is 2.63. The van der Waals surface area contributed by atoms with E-state index in [9.17, 15) is 9.18 Å². The van der Waals surface area contributed by atoms with E-state index in [1.54, 1.807) is 13.0 Å². The summed E-state index contributed by atoms with van der Waals surface area (Å²) in [7, 11) is 0. The van der Waals surface area contributed by atoms with Gasteiger partial charge < -0.3 is 0 Å². The van der Waals surface area contributed by atoms with Crippen molar-refractivity contribution in [2.24, 2.45) is 0 Å². The van der Waals surface area contributed by atoms with Crippen LogP contribution in [0.15, 0.2) is 18.2 Å². The Morgan fingerprint density at radius 1 is 1.28 bits per heavy atom. The van der Waals surface area contributed by atoms with E-state index >= 15 is 0 Å². The number of ketones is 1. The summed E-state index contributed by atoms with van der Waals surface area (Å²) in [4.78, 5) is 14.8. The predicted octanol–water partition coefficient (Wildman–Crippen LogP) is 3.19. The van der Waals surface area contributed by atoms with Crippen LogP contribution >= 0.6 is 0 Å². The molecule has 0 saturated carbocycles. The van der Waals surface area contributed by atoms with Crippen molar-refractivity contribution in [1.82, 2.24) is 4.90 Å². The second-order valence-corrected chi connectivity index (χ2v) is 5.54. The van der Waals surface area contributed by atoms with Crippen LogP contribution in [0, 0.1) is 12.7 Å². The molecule has 2 rings (SSSR count). The van der Waals surface area contributed by atoms with Gasteiger partial charge in [0.25, 0.3) is 0 Å². The van der Waals surface area contributed by atoms with Gasteiger partial charge >= 0.3 is 0 Å². The van der Waals surface area contributed by atoms with E-state index in [0.717, 1.165) is 25.9 Å². The highest BCUT2D eigenvalue weighted by molar-refractivity contribution is 6.03. The van der Waals surface area contributed by atoms with Gasteiger partial charge in [0.1, 0.15) is 5.82 Å². The first kappa shape index (κ1) is 13.2. The fraction of sp³-hybridized carbons (Fsp3) is 0.533. The molecule has 0 amide bonds. The van der Waals surface area contributed by atoms with Crippen LogP contribution in [0.4, 0.5) is 4.39 Å². The molecule has 0 N–H and O–H groups in total. The van der Waals surface area contributed by atoms with Crippen LogP contribution in [-0.2, 0) is 0 Å². The van der Waals surface area contributed by atoms with Gasteiger partial charge in [-0.1, -0.05) is 0 Å². The third-order valence-corrected chi connectivity index (χ3v) is 3.89.